The van der Waals surface area contributed by atoms with Crippen molar-refractivity contribution < 1.29 is 14.3 Å². The number of aromatic nitrogens is 2. The minimum Gasteiger partial charge on any atom is -0.462 e. The molecule has 3 aromatic carbocycles. The molecule has 0 aliphatic heterocycles. The summed E-state index contributed by atoms with van der Waals surface area (Å²) < 4.78 is 6.51. The van der Waals surface area contributed by atoms with Crippen LogP contribution in [0.3, 0.4) is 0 Å². The SMILES string of the molecule is CCOC(=O)c1cc(-c2ccccc2)sc1NC(=O)Cn1cnc2scc(-c3ccc4ccccc4c3)c2c1=O. The smallest absolute Gasteiger partial charge is 0.341 e. The zero-order valence-electron chi connectivity index (χ0n) is 21.4. The van der Waals surface area contributed by atoms with Gasteiger partial charge in [-0.25, -0.2) is 9.78 Å². The molecule has 3 heterocycles. The molecule has 9 heteroatoms. The molecule has 0 radical (unpaired) electrons. The third kappa shape index (κ3) is 4.92. The first kappa shape index (κ1) is 25.7. The van der Waals surface area contributed by atoms with Crippen LogP contribution >= 0.6 is 22.7 Å². The number of carbonyl (C=O) groups is 2. The quantitative estimate of drug-likeness (QED) is 0.215. The van der Waals surface area contributed by atoms with E-state index in [9.17, 15) is 14.4 Å². The Hall–Kier alpha value is -4.60. The molecule has 0 fully saturated rings. The topological polar surface area (TPSA) is 90.3 Å². The third-order valence-corrected chi connectivity index (χ3v) is 8.46. The summed E-state index contributed by atoms with van der Waals surface area (Å²) in [5.41, 5.74) is 2.59. The molecule has 6 rings (SSSR count). The average Bonchev–Trinajstić information content (AvgIpc) is 3.60. The summed E-state index contributed by atoms with van der Waals surface area (Å²) in [4.78, 5) is 45.2. The maximum Gasteiger partial charge on any atom is 0.341 e. The van der Waals surface area contributed by atoms with E-state index in [4.69, 9.17) is 4.74 Å². The van der Waals surface area contributed by atoms with E-state index in [1.807, 2.05) is 72.1 Å². The Labute approximate surface area is 237 Å². The van der Waals surface area contributed by atoms with Gasteiger partial charge in [-0.3, -0.25) is 14.2 Å². The second-order valence-corrected chi connectivity index (χ2v) is 11.0. The van der Waals surface area contributed by atoms with E-state index in [2.05, 4.69) is 16.4 Å². The van der Waals surface area contributed by atoms with Gasteiger partial charge in [0.15, 0.2) is 0 Å². The van der Waals surface area contributed by atoms with E-state index in [1.54, 1.807) is 13.0 Å². The van der Waals surface area contributed by atoms with E-state index in [0.29, 0.717) is 15.2 Å². The molecule has 40 heavy (non-hydrogen) atoms. The zero-order valence-corrected chi connectivity index (χ0v) is 23.1. The summed E-state index contributed by atoms with van der Waals surface area (Å²) >= 11 is 2.67. The Bertz CT molecular complexity index is 1940. The van der Waals surface area contributed by atoms with Crippen molar-refractivity contribution in [3.8, 4) is 21.6 Å². The Morgan fingerprint density at radius 2 is 1.73 bits per heavy atom. The van der Waals surface area contributed by atoms with Gasteiger partial charge >= 0.3 is 5.97 Å². The number of hydrogen-bond acceptors (Lipinski definition) is 7. The fourth-order valence-electron chi connectivity index (χ4n) is 4.56. The number of ether oxygens (including phenoxy) is 1. The van der Waals surface area contributed by atoms with Crippen LogP contribution in [0.25, 0.3) is 42.6 Å². The molecule has 1 amide bonds. The molecule has 0 unspecified atom stereocenters. The summed E-state index contributed by atoms with van der Waals surface area (Å²) in [5.74, 6) is -0.965. The lowest BCUT2D eigenvalue weighted by Gasteiger charge is -2.08. The normalized spacial score (nSPS) is 11.1. The molecule has 7 nitrogen and oxygen atoms in total. The minimum absolute atomic E-state index is 0.212. The summed E-state index contributed by atoms with van der Waals surface area (Å²) in [6, 6.07) is 25.4. The van der Waals surface area contributed by atoms with Crippen molar-refractivity contribution in [2.24, 2.45) is 0 Å². The lowest BCUT2D eigenvalue weighted by molar-refractivity contribution is -0.116. The molecule has 3 aromatic heterocycles. The molecule has 6 aromatic rings. The molecule has 0 aliphatic rings. The summed E-state index contributed by atoms with van der Waals surface area (Å²) in [6.45, 7) is 1.69. The first-order chi connectivity index (χ1) is 19.5. The Morgan fingerprint density at radius 1 is 0.950 bits per heavy atom. The van der Waals surface area contributed by atoms with Crippen LogP contribution in [-0.4, -0.2) is 28.0 Å². The zero-order chi connectivity index (χ0) is 27.6. The van der Waals surface area contributed by atoms with E-state index in [1.165, 1.54) is 33.6 Å². The molecule has 198 valence electrons. The molecule has 0 spiro atoms. The van der Waals surface area contributed by atoms with Gasteiger partial charge in [-0.05, 0) is 41.0 Å². The number of benzene rings is 3. The number of amides is 1. The van der Waals surface area contributed by atoms with Gasteiger partial charge in [-0.1, -0.05) is 66.7 Å². The molecule has 0 saturated heterocycles. The minimum atomic E-state index is -0.519. The number of hydrogen-bond donors (Lipinski definition) is 1. The van der Waals surface area contributed by atoms with Crippen LogP contribution in [0.2, 0.25) is 0 Å². The van der Waals surface area contributed by atoms with Gasteiger partial charge in [0.2, 0.25) is 5.91 Å². The molecule has 0 saturated carbocycles. The van der Waals surface area contributed by atoms with Crippen molar-refractivity contribution >= 4 is 60.5 Å². The van der Waals surface area contributed by atoms with Crippen LogP contribution in [0.15, 0.2) is 95.4 Å². The summed E-state index contributed by atoms with van der Waals surface area (Å²) in [7, 11) is 0. The van der Waals surface area contributed by atoms with Gasteiger partial charge < -0.3 is 10.1 Å². The lowest BCUT2D eigenvalue weighted by Crippen LogP contribution is -2.28. The van der Waals surface area contributed by atoms with Crippen molar-refractivity contribution in [2.45, 2.75) is 13.5 Å². The van der Waals surface area contributed by atoms with Crippen molar-refractivity contribution in [1.29, 1.82) is 0 Å². The molecule has 1 N–H and O–H groups in total. The molecule has 0 bridgehead atoms. The fourth-order valence-corrected chi connectivity index (χ4v) is 6.53. The average molecular weight is 566 g/mol. The van der Waals surface area contributed by atoms with Crippen LogP contribution in [0.1, 0.15) is 17.3 Å². The van der Waals surface area contributed by atoms with Gasteiger partial charge in [0.1, 0.15) is 16.4 Å². The predicted octanol–water partition coefficient (Wildman–Crippen LogP) is 6.82. The van der Waals surface area contributed by atoms with Gasteiger partial charge in [-0.2, -0.15) is 0 Å². The number of nitrogens with one attached hydrogen (secondary N) is 1. The second kappa shape index (κ2) is 10.9. The maximum absolute atomic E-state index is 13.6. The first-order valence-corrected chi connectivity index (χ1v) is 14.3. The van der Waals surface area contributed by atoms with E-state index < -0.39 is 11.9 Å². The highest BCUT2D eigenvalue weighted by molar-refractivity contribution is 7.20. The van der Waals surface area contributed by atoms with Crippen LogP contribution in [0, 0.1) is 0 Å². The largest absolute Gasteiger partial charge is 0.462 e. The van der Waals surface area contributed by atoms with Gasteiger partial charge in [-0.15, -0.1) is 22.7 Å². The van der Waals surface area contributed by atoms with Crippen molar-refractivity contribution in [1.82, 2.24) is 9.55 Å². The summed E-state index contributed by atoms with van der Waals surface area (Å²) in [6.07, 6.45) is 1.39. The third-order valence-electron chi connectivity index (χ3n) is 6.47. The molecule has 0 aliphatic carbocycles. The number of rotatable bonds is 7. The van der Waals surface area contributed by atoms with E-state index >= 15 is 0 Å². The monoisotopic (exact) mass is 565 g/mol. The van der Waals surface area contributed by atoms with Crippen molar-refractivity contribution in [3.63, 3.8) is 0 Å². The van der Waals surface area contributed by atoms with Crippen LogP contribution in [0.4, 0.5) is 5.00 Å². The second-order valence-electron chi connectivity index (χ2n) is 9.06. The van der Waals surface area contributed by atoms with Crippen LogP contribution < -0.4 is 10.9 Å². The van der Waals surface area contributed by atoms with Crippen molar-refractivity contribution in [3.05, 3.63) is 106 Å². The predicted molar refractivity (Wildman–Crippen MR) is 161 cm³/mol. The maximum atomic E-state index is 13.6. The Balaban J connectivity index is 1.31. The van der Waals surface area contributed by atoms with Crippen molar-refractivity contribution in [2.75, 3.05) is 11.9 Å². The number of carbonyl (C=O) groups excluding carboxylic acids is 2. The highest BCUT2D eigenvalue weighted by Crippen LogP contribution is 2.36. The molecule has 0 atom stereocenters. The van der Waals surface area contributed by atoms with Crippen LogP contribution in [-0.2, 0) is 16.1 Å². The van der Waals surface area contributed by atoms with Gasteiger partial charge in [0.05, 0.1) is 23.9 Å². The Kier molecular flexibility index (Phi) is 6.98. The van der Waals surface area contributed by atoms with Crippen LogP contribution in [0.5, 0.6) is 0 Å². The standard InChI is InChI=1S/C31H23N3O4S2/c1-2-38-31(37)23-15-25(20-9-4-3-5-10-20)40-28(23)33-26(35)16-34-18-32-29-27(30(34)36)24(17-39-29)22-13-12-19-8-6-7-11-21(19)14-22/h3-15,17-18H,2,16H2,1H3,(H,33,35). The number of fused-ring (bicyclic) bond motifs is 2. The van der Waals surface area contributed by atoms with E-state index in [-0.39, 0.29) is 24.3 Å². The van der Waals surface area contributed by atoms with Gasteiger partial charge in [0, 0.05) is 15.8 Å². The summed E-state index contributed by atoms with van der Waals surface area (Å²) in [5, 5.41) is 7.78. The van der Waals surface area contributed by atoms with Gasteiger partial charge in [0.25, 0.3) is 5.56 Å². The highest BCUT2D eigenvalue weighted by Gasteiger charge is 2.21. The number of esters is 1. The number of anilines is 1. The van der Waals surface area contributed by atoms with E-state index in [0.717, 1.165) is 32.3 Å². The first-order valence-electron chi connectivity index (χ1n) is 12.6. The fraction of sp³-hybridized carbons (Fsp3) is 0.0968. The Morgan fingerprint density at radius 3 is 2.52 bits per heavy atom. The lowest BCUT2D eigenvalue weighted by atomic mass is 10.0. The number of nitrogens with zero attached hydrogens (tertiary/aromatic N) is 2. The number of thiophene rings is 2. The molecular formula is C31H23N3O4S2. The molecular weight excluding hydrogens is 542 g/mol. The highest BCUT2D eigenvalue weighted by atomic mass is 32.1.